The molecule has 0 bridgehead atoms. The van der Waals surface area contributed by atoms with Crippen molar-refractivity contribution in [1.29, 1.82) is 0 Å². The van der Waals surface area contributed by atoms with Crippen molar-refractivity contribution in [2.45, 2.75) is 110 Å². The van der Waals surface area contributed by atoms with Gasteiger partial charge in [0.25, 0.3) is 0 Å². The molecular weight excluding hydrogens is 444 g/mol. The Bertz CT molecular complexity index is 848. The van der Waals surface area contributed by atoms with E-state index in [0.29, 0.717) is 11.3 Å². The van der Waals surface area contributed by atoms with Gasteiger partial charge in [0.05, 0.1) is 12.2 Å². The number of carbonyl (C=O) groups excluding carboxylic acids is 1. The highest BCUT2D eigenvalue weighted by atomic mass is 16.5. The van der Waals surface area contributed by atoms with Crippen molar-refractivity contribution in [3.63, 3.8) is 0 Å². The molecule has 0 aliphatic heterocycles. The predicted octanol–water partition coefficient (Wildman–Crippen LogP) is 9.57. The Morgan fingerprint density at radius 3 is 1.92 bits per heavy atom. The fourth-order valence-electron chi connectivity index (χ4n) is 5.39. The molecule has 0 saturated heterocycles. The summed E-state index contributed by atoms with van der Waals surface area (Å²) in [5.41, 5.74) is 1.84. The standard InChI is InChI=1S/C33H48O3/c1-3-5-7-9-12-28-18-22-32(23-19-28)36-33(34)30-20-24-31(25-21-30)35-26-10-13-29-16-14-27(15-17-29)11-8-6-4-2/h18-25,27,29H,3-17,26H2,1-2H3/t27-,29-. The van der Waals surface area contributed by atoms with Crippen LogP contribution in [0.2, 0.25) is 0 Å². The van der Waals surface area contributed by atoms with E-state index >= 15 is 0 Å². The molecule has 3 heteroatoms. The Balaban J connectivity index is 1.31. The van der Waals surface area contributed by atoms with Crippen LogP contribution < -0.4 is 9.47 Å². The minimum atomic E-state index is -0.331. The van der Waals surface area contributed by atoms with Crippen molar-refractivity contribution in [3.05, 3.63) is 59.7 Å². The van der Waals surface area contributed by atoms with Crippen molar-refractivity contribution in [1.82, 2.24) is 0 Å². The third-order valence-electron chi connectivity index (χ3n) is 7.75. The van der Waals surface area contributed by atoms with Gasteiger partial charge in [-0.3, -0.25) is 0 Å². The zero-order chi connectivity index (χ0) is 25.4. The molecule has 0 atom stereocenters. The number of unbranched alkanes of at least 4 members (excludes halogenated alkanes) is 5. The van der Waals surface area contributed by atoms with E-state index in [1.807, 2.05) is 24.3 Å². The number of benzene rings is 2. The first-order valence-corrected chi connectivity index (χ1v) is 14.7. The summed E-state index contributed by atoms with van der Waals surface area (Å²) in [6.45, 7) is 5.26. The molecular formula is C33H48O3. The van der Waals surface area contributed by atoms with Gasteiger partial charge in [-0.1, -0.05) is 96.6 Å². The van der Waals surface area contributed by atoms with Gasteiger partial charge in [-0.2, -0.15) is 0 Å². The van der Waals surface area contributed by atoms with Crippen LogP contribution in [-0.2, 0) is 6.42 Å². The maximum Gasteiger partial charge on any atom is 0.343 e. The molecule has 3 rings (SSSR count). The minimum absolute atomic E-state index is 0.331. The van der Waals surface area contributed by atoms with Crippen LogP contribution in [0, 0.1) is 11.8 Å². The fourth-order valence-corrected chi connectivity index (χ4v) is 5.39. The zero-order valence-electron chi connectivity index (χ0n) is 22.8. The maximum atomic E-state index is 12.5. The Morgan fingerprint density at radius 2 is 1.28 bits per heavy atom. The second-order valence-electron chi connectivity index (χ2n) is 10.7. The monoisotopic (exact) mass is 492 g/mol. The molecule has 0 unspecified atom stereocenters. The van der Waals surface area contributed by atoms with Gasteiger partial charge in [-0.15, -0.1) is 0 Å². The third-order valence-corrected chi connectivity index (χ3v) is 7.75. The van der Waals surface area contributed by atoms with E-state index in [1.54, 1.807) is 12.1 Å². The van der Waals surface area contributed by atoms with E-state index in [4.69, 9.17) is 9.47 Å². The van der Waals surface area contributed by atoms with E-state index in [9.17, 15) is 4.79 Å². The van der Waals surface area contributed by atoms with Gasteiger partial charge in [0.15, 0.2) is 0 Å². The van der Waals surface area contributed by atoms with Crippen LogP contribution in [0.25, 0.3) is 0 Å². The van der Waals surface area contributed by atoms with E-state index in [0.717, 1.165) is 37.0 Å². The Morgan fingerprint density at radius 1 is 0.694 bits per heavy atom. The number of rotatable bonds is 16. The lowest BCUT2D eigenvalue weighted by atomic mass is 9.78. The van der Waals surface area contributed by atoms with Gasteiger partial charge in [0, 0.05) is 0 Å². The number of carbonyl (C=O) groups is 1. The van der Waals surface area contributed by atoms with E-state index in [2.05, 4.69) is 26.0 Å². The van der Waals surface area contributed by atoms with Crippen LogP contribution in [0.5, 0.6) is 11.5 Å². The first-order valence-electron chi connectivity index (χ1n) is 14.7. The Hall–Kier alpha value is -2.29. The summed E-state index contributed by atoms with van der Waals surface area (Å²) in [5.74, 6) is 2.94. The lowest BCUT2D eigenvalue weighted by Gasteiger charge is -2.28. The summed E-state index contributed by atoms with van der Waals surface area (Å²) >= 11 is 0. The van der Waals surface area contributed by atoms with Gasteiger partial charge in [-0.25, -0.2) is 4.79 Å². The highest BCUT2D eigenvalue weighted by Crippen LogP contribution is 2.34. The topological polar surface area (TPSA) is 35.5 Å². The number of ether oxygens (including phenoxy) is 2. The van der Waals surface area contributed by atoms with Crippen LogP contribution in [0.3, 0.4) is 0 Å². The van der Waals surface area contributed by atoms with Crippen molar-refractivity contribution < 1.29 is 14.3 Å². The van der Waals surface area contributed by atoms with Gasteiger partial charge < -0.3 is 9.47 Å². The first-order chi connectivity index (χ1) is 17.7. The number of aryl methyl sites for hydroxylation is 1. The quantitative estimate of drug-likeness (QED) is 0.133. The van der Waals surface area contributed by atoms with E-state index in [1.165, 1.54) is 89.0 Å². The summed E-state index contributed by atoms with van der Waals surface area (Å²) in [7, 11) is 0. The molecule has 36 heavy (non-hydrogen) atoms. The molecule has 0 heterocycles. The lowest BCUT2D eigenvalue weighted by Crippen LogP contribution is -2.15. The largest absolute Gasteiger partial charge is 0.494 e. The van der Waals surface area contributed by atoms with Crippen molar-refractivity contribution >= 4 is 5.97 Å². The van der Waals surface area contributed by atoms with Gasteiger partial charge in [0.2, 0.25) is 0 Å². The van der Waals surface area contributed by atoms with Crippen molar-refractivity contribution in [2.75, 3.05) is 6.61 Å². The molecule has 198 valence electrons. The smallest absolute Gasteiger partial charge is 0.343 e. The zero-order valence-corrected chi connectivity index (χ0v) is 22.8. The van der Waals surface area contributed by atoms with Crippen molar-refractivity contribution in [2.24, 2.45) is 11.8 Å². The Labute approximate surface area is 220 Å². The summed E-state index contributed by atoms with van der Waals surface area (Å²) < 4.78 is 11.5. The van der Waals surface area contributed by atoms with Crippen LogP contribution >= 0.6 is 0 Å². The van der Waals surface area contributed by atoms with Crippen LogP contribution in [0.4, 0.5) is 0 Å². The SMILES string of the molecule is CCCCCCc1ccc(OC(=O)c2ccc(OCCC[C@H]3CC[C@H](CCCCC)CC3)cc2)cc1. The highest BCUT2D eigenvalue weighted by molar-refractivity contribution is 5.91. The molecule has 0 radical (unpaired) electrons. The minimum Gasteiger partial charge on any atom is -0.494 e. The third kappa shape index (κ3) is 10.4. The molecule has 3 nitrogen and oxygen atoms in total. The molecule has 2 aromatic rings. The maximum absolute atomic E-state index is 12.5. The summed E-state index contributed by atoms with van der Waals surface area (Å²) in [6, 6.07) is 15.2. The molecule has 0 aromatic heterocycles. The average Bonchev–Trinajstić information content (AvgIpc) is 2.91. The van der Waals surface area contributed by atoms with E-state index in [-0.39, 0.29) is 5.97 Å². The number of hydrogen-bond acceptors (Lipinski definition) is 3. The number of hydrogen-bond donors (Lipinski definition) is 0. The number of esters is 1. The van der Waals surface area contributed by atoms with Gasteiger partial charge >= 0.3 is 5.97 Å². The fraction of sp³-hybridized carbons (Fsp3) is 0.606. The molecule has 1 saturated carbocycles. The highest BCUT2D eigenvalue weighted by Gasteiger charge is 2.20. The van der Waals surface area contributed by atoms with Gasteiger partial charge in [-0.05, 0) is 79.5 Å². The average molecular weight is 493 g/mol. The van der Waals surface area contributed by atoms with Crippen molar-refractivity contribution in [3.8, 4) is 11.5 Å². The normalized spacial score (nSPS) is 17.6. The molecule has 1 aliphatic rings. The van der Waals surface area contributed by atoms with Crippen LogP contribution in [0.1, 0.15) is 120 Å². The molecule has 0 spiro atoms. The second-order valence-corrected chi connectivity index (χ2v) is 10.7. The lowest BCUT2D eigenvalue weighted by molar-refractivity contribution is 0.0734. The molecule has 0 amide bonds. The predicted molar refractivity (Wildman–Crippen MR) is 150 cm³/mol. The summed E-state index contributed by atoms with van der Waals surface area (Å²) in [4.78, 5) is 12.5. The first kappa shape index (κ1) is 28.3. The molecule has 1 fully saturated rings. The second kappa shape index (κ2) is 16.5. The van der Waals surface area contributed by atoms with Crippen LogP contribution in [0.15, 0.2) is 48.5 Å². The summed E-state index contributed by atoms with van der Waals surface area (Å²) in [5, 5.41) is 0. The Kier molecular flexibility index (Phi) is 12.9. The van der Waals surface area contributed by atoms with Crippen LogP contribution in [-0.4, -0.2) is 12.6 Å². The molecule has 2 aromatic carbocycles. The van der Waals surface area contributed by atoms with Gasteiger partial charge in [0.1, 0.15) is 11.5 Å². The molecule has 0 N–H and O–H groups in total. The molecule has 1 aliphatic carbocycles. The van der Waals surface area contributed by atoms with E-state index < -0.39 is 0 Å². The summed E-state index contributed by atoms with van der Waals surface area (Å²) in [6.07, 6.45) is 19.7.